The standard InChI is InChI=1S/C49H70N10O17S2/c1-45(2,3)71-40(63)34(75-55-35(33-28-77-41(52-33)54-43(65)73-47(7,8)9)38(61)53-36-39(62)59(49(36,13)14)76-78(67,68)69)27-70-32-18-16-30(17-19-32)37(60)51-31-25-57(21-15-20-50-42(64)72-46(4,5)6)58(26-31)24-29-22-56(23-29)44(66)74-48(10,11)12/h16-19,25-26,28-29,34,36H,15,20-24,27H2,1-14H3,(H4-,50,51,52,53,54,60,61,64,65,67,68,69)/p+1. The number of benzene rings is 1. The third kappa shape index (κ3) is 18.8. The van der Waals surface area contributed by atoms with Gasteiger partial charge in [-0.15, -0.1) is 20.3 Å². The summed E-state index contributed by atoms with van der Waals surface area (Å²) in [6.07, 6.45) is 0.608. The van der Waals surface area contributed by atoms with Crippen LogP contribution in [0.15, 0.2) is 47.2 Å². The van der Waals surface area contributed by atoms with Crippen LogP contribution >= 0.6 is 11.3 Å². The molecular formula is C49H71N10O17S2+. The zero-order valence-corrected chi connectivity index (χ0v) is 47.8. The van der Waals surface area contributed by atoms with Crippen LogP contribution < -0.4 is 30.7 Å². The Morgan fingerprint density at radius 2 is 1.47 bits per heavy atom. The number of oxime groups is 1. The molecule has 29 heteroatoms. The van der Waals surface area contributed by atoms with Gasteiger partial charge in [-0.25, -0.2) is 24.2 Å². The van der Waals surface area contributed by atoms with E-state index in [0.717, 1.165) is 11.3 Å². The summed E-state index contributed by atoms with van der Waals surface area (Å²) >= 11 is 0.863. The van der Waals surface area contributed by atoms with Crippen LogP contribution in [0.4, 0.5) is 25.2 Å². The maximum Gasteiger partial charge on any atom is 0.418 e. The molecule has 0 radical (unpaired) electrons. The molecule has 1 aromatic carbocycles. The van der Waals surface area contributed by atoms with Gasteiger partial charge in [-0.3, -0.25) is 24.3 Å². The van der Waals surface area contributed by atoms with Crippen molar-refractivity contribution in [3.05, 3.63) is 53.3 Å². The monoisotopic (exact) mass is 1140 g/mol. The number of carbonyl (C=O) groups excluding carboxylic acids is 7. The summed E-state index contributed by atoms with van der Waals surface area (Å²) in [6.45, 7) is 24.9. The Balaban J connectivity index is 1.31. The molecule has 4 heterocycles. The van der Waals surface area contributed by atoms with Crippen LogP contribution in [-0.2, 0) is 65.9 Å². The lowest BCUT2D eigenvalue weighted by molar-refractivity contribution is -0.781. The minimum absolute atomic E-state index is 0.0428. The summed E-state index contributed by atoms with van der Waals surface area (Å²) in [5, 5.41) is 16.1. The number of likely N-dealkylation sites (tertiary alicyclic amines) is 1. The number of alkyl carbamates (subject to hydrolysis) is 1. The van der Waals surface area contributed by atoms with Crippen LogP contribution in [0, 0.1) is 5.92 Å². The van der Waals surface area contributed by atoms with E-state index >= 15 is 0 Å². The number of thiazole rings is 1. The van der Waals surface area contributed by atoms with E-state index < -0.39 is 105 Å². The summed E-state index contributed by atoms with van der Waals surface area (Å²) in [6, 6.07) is 4.47. The van der Waals surface area contributed by atoms with E-state index in [1.807, 2.05) is 9.36 Å². The molecule has 2 aliphatic heterocycles. The number of rotatable bonds is 20. The summed E-state index contributed by atoms with van der Waals surface area (Å²) in [4.78, 5) is 103. The highest BCUT2D eigenvalue weighted by molar-refractivity contribution is 7.80. The zero-order valence-electron chi connectivity index (χ0n) is 46.2. The molecule has 2 unspecified atom stereocenters. The van der Waals surface area contributed by atoms with Crippen LogP contribution in [0.25, 0.3) is 0 Å². The highest BCUT2D eigenvalue weighted by Crippen LogP contribution is 2.33. The van der Waals surface area contributed by atoms with Gasteiger partial charge in [0.15, 0.2) is 17.4 Å². The second kappa shape index (κ2) is 24.3. The van der Waals surface area contributed by atoms with Gasteiger partial charge < -0.3 is 49.4 Å². The van der Waals surface area contributed by atoms with E-state index in [1.165, 1.54) is 43.5 Å². The summed E-state index contributed by atoms with van der Waals surface area (Å²) < 4.78 is 67.9. The molecule has 27 nitrogen and oxygen atoms in total. The van der Waals surface area contributed by atoms with Gasteiger partial charge >= 0.3 is 34.6 Å². The van der Waals surface area contributed by atoms with Crippen LogP contribution in [0.3, 0.4) is 0 Å². The van der Waals surface area contributed by atoms with Gasteiger partial charge in [0, 0.05) is 30.6 Å². The number of hydrogen-bond donors (Lipinski definition) is 5. The topological polar surface area (TPSA) is 327 Å². The first-order valence-corrected chi connectivity index (χ1v) is 26.9. The SMILES string of the molecule is CC(C)(C)OC(=O)NCCCn1cc(NC(=O)c2ccc(OCC(ON=C(C(=O)NC3C(=O)N(OS(=O)(=O)O)C3(C)C)c3csc(NC(=O)OC(C)(C)C)n3)C(=O)OC(C)(C)C)cc2)c[n+]1CC1CN(C(=O)OC(C)(C)C)C1. The largest absolute Gasteiger partial charge is 0.489 e. The maximum absolute atomic E-state index is 14.0. The van der Waals surface area contributed by atoms with E-state index in [0.29, 0.717) is 49.9 Å². The van der Waals surface area contributed by atoms with Gasteiger partial charge in [-0.1, -0.05) is 5.16 Å². The molecule has 0 bridgehead atoms. The van der Waals surface area contributed by atoms with Crippen molar-refractivity contribution in [3.8, 4) is 5.75 Å². The Morgan fingerprint density at radius 1 is 0.872 bits per heavy atom. The predicted octanol–water partition coefficient (Wildman–Crippen LogP) is 4.96. The first kappa shape index (κ1) is 61.7. The molecule has 2 aliphatic rings. The number of amides is 6. The highest BCUT2D eigenvalue weighted by Gasteiger charge is 2.58. The number of nitrogens with zero attached hydrogens (tertiary/aromatic N) is 6. The van der Waals surface area contributed by atoms with Crippen molar-refractivity contribution in [1.82, 2.24) is 30.3 Å². The highest BCUT2D eigenvalue weighted by atomic mass is 32.3. The number of aromatic nitrogens is 3. The minimum Gasteiger partial charge on any atom is -0.489 e. The Hall–Kier alpha value is -7.11. The lowest BCUT2D eigenvalue weighted by atomic mass is 9.84. The fourth-order valence-electron chi connectivity index (χ4n) is 7.25. The zero-order chi connectivity index (χ0) is 58.3. The summed E-state index contributed by atoms with van der Waals surface area (Å²) in [7, 11) is -5.12. The molecule has 5 N–H and O–H groups in total. The van der Waals surface area contributed by atoms with Crippen molar-refractivity contribution in [2.45, 2.75) is 157 Å². The fraction of sp³-hybridized carbons (Fsp3) is 0.592. The van der Waals surface area contributed by atoms with Crippen LogP contribution in [0.2, 0.25) is 0 Å². The normalized spacial score (nSPS) is 16.4. The number of β-lactam (4-membered cyclic amide) rings is 1. The number of hydroxylamine groups is 2. The van der Waals surface area contributed by atoms with Gasteiger partial charge in [0.1, 0.15) is 52.2 Å². The van der Waals surface area contributed by atoms with E-state index in [4.69, 9.17) is 28.5 Å². The number of nitrogens with one attached hydrogen (secondary N) is 4. The first-order chi connectivity index (χ1) is 35.8. The quantitative estimate of drug-likeness (QED) is 0.0146. The fourth-order valence-corrected chi connectivity index (χ4v) is 8.38. The predicted molar refractivity (Wildman–Crippen MR) is 279 cm³/mol. The average molecular weight is 1140 g/mol. The number of esters is 1. The van der Waals surface area contributed by atoms with Crippen LogP contribution in [0.5, 0.6) is 5.75 Å². The van der Waals surface area contributed by atoms with Crippen molar-refractivity contribution in [2.75, 3.05) is 36.9 Å². The second-order valence-corrected chi connectivity index (χ2v) is 24.6. The molecule has 5 rings (SSSR count). The number of anilines is 2. The Morgan fingerprint density at radius 3 is 2.05 bits per heavy atom. The molecule has 6 amide bonds. The van der Waals surface area contributed by atoms with Gasteiger partial charge in [0.25, 0.3) is 23.8 Å². The first-order valence-electron chi connectivity index (χ1n) is 24.7. The van der Waals surface area contributed by atoms with Gasteiger partial charge in [0.2, 0.25) is 6.20 Å². The van der Waals surface area contributed by atoms with Crippen LogP contribution in [-0.4, -0.2) is 147 Å². The van der Waals surface area contributed by atoms with E-state index in [-0.39, 0.29) is 28.1 Å². The van der Waals surface area contributed by atoms with E-state index in [2.05, 4.69) is 35.7 Å². The molecule has 0 saturated carbocycles. The van der Waals surface area contributed by atoms with E-state index in [1.54, 1.807) is 100 Å². The molecule has 78 heavy (non-hydrogen) atoms. The second-order valence-electron chi connectivity index (χ2n) is 22.7. The van der Waals surface area contributed by atoms with Gasteiger partial charge in [-0.05, 0) is 128 Å². The van der Waals surface area contributed by atoms with Crippen molar-refractivity contribution in [3.63, 3.8) is 0 Å². The smallest absolute Gasteiger partial charge is 0.418 e. The maximum atomic E-state index is 14.0. The van der Waals surface area contributed by atoms with Crippen molar-refractivity contribution in [1.29, 1.82) is 0 Å². The molecule has 0 aliphatic carbocycles. The summed E-state index contributed by atoms with van der Waals surface area (Å²) in [5.74, 6) is -3.32. The third-order valence-corrected chi connectivity index (χ3v) is 11.7. The molecule has 3 aromatic rings. The molecule has 430 valence electrons. The lowest BCUT2D eigenvalue weighted by Gasteiger charge is -2.50. The lowest BCUT2D eigenvalue weighted by Crippen LogP contribution is -2.76. The molecule has 2 fully saturated rings. The molecule has 2 aromatic heterocycles. The number of aryl methyl sites for hydroxylation is 1. The number of carbonyl (C=O) groups is 7. The van der Waals surface area contributed by atoms with Crippen molar-refractivity contribution >= 4 is 80.2 Å². The number of hydrogen-bond acceptors (Lipinski definition) is 19. The summed E-state index contributed by atoms with van der Waals surface area (Å²) in [5.41, 5.74) is -4.84. The average Bonchev–Trinajstić information content (AvgIpc) is 3.88. The minimum atomic E-state index is -5.12. The van der Waals surface area contributed by atoms with E-state index in [9.17, 15) is 46.5 Å². The molecule has 0 spiro atoms. The molecule has 2 saturated heterocycles. The van der Waals surface area contributed by atoms with Gasteiger partial charge in [0.05, 0.1) is 24.2 Å². The Kier molecular flexibility index (Phi) is 19.2. The van der Waals surface area contributed by atoms with Gasteiger partial charge in [-0.2, -0.15) is 18.2 Å². The van der Waals surface area contributed by atoms with Crippen molar-refractivity contribution < 1.29 is 84.0 Å². The number of ether oxygens (including phenoxy) is 5. The van der Waals surface area contributed by atoms with Crippen molar-refractivity contribution in [2.24, 2.45) is 11.1 Å². The molecular weight excluding hydrogens is 1060 g/mol. The Labute approximate surface area is 456 Å². The Bertz CT molecular complexity index is 2830. The third-order valence-electron chi connectivity index (χ3n) is 10.6. The molecule has 2 atom stereocenters. The van der Waals surface area contributed by atoms with Crippen LogP contribution in [0.1, 0.15) is 119 Å².